The molecule has 0 atom stereocenters. The van der Waals surface area contributed by atoms with E-state index in [0.717, 1.165) is 11.4 Å². The Labute approximate surface area is 113 Å². The van der Waals surface area contributed by atoms with Crippen molar-refractivity contribution in [2.75, 3.05) is 11.5 Å². The number of nitrogens with two attached hydrogens (primary N) is 1. The first kappa shape index (κ1) is 13.6. The zero-order valence-electron chi connectivity index (χ0n) is 11.0. The highest BCUT2D eigenvalue weighted by molar-refractivity contribution is 7.91. The summed E-state index contributed by atoms with van der Waals surface area (Å²) in [5.74, 6) is 0.810. The van der Waals surface area contributed by atoms with Crippen LogP contribution in [0.2, 0.25) is 0 Å². The number of rotatable bonds is 4. The largest absolute Gasteiger partial charge is 0.398 e. The lowest BCUT2D eigenvalue weighted by atomic mass is 10.2. The van der Waals surface area contributed by atoms with E-state index < -0.39 is 9.84 Å². The molecule has 19 heavy (non-hydrogen) atoms. The van der Waals surface area contributed by atoms with Crippen LogP contribution in [-0.2, 0) is 16.4 Å². The molecule has 0 bridgehead atoms. The number of benzene rings is 1. The van der Waals surface area contributed by atoms with Crippen LogP contribution in [0.25, 0.3) is 0 Å². The van der Waals surface area contributed by atoms with E-state index in [1.807, 2.05) is 18.4 Å². The van der Waals surface area contributed by atoms with Crippen LogP contribution in [0.1, 0.15) is 11.4 Å². The third-order valence-electron chi connectivity index (χ3n) is 3.02. The fraction of sp³-hybridized carbons (Fsp3) is 0.308. The highest BCUT2D eigenvalue weighted by atomic mass is 32.2. The summed E-state index contributed by atoms with van der Waals surface area (Å²) in [6, 6.07) is 5.00. The number of nitrogens with zero attached hydrogens (tertiary/aromatic N) is 2. The molecule has 102 valence electrons. The van der Waals surface area contributed by atoms with Gasteiger partial charge in [-0.25, -0.2) is 13.4 Å². The molecular weight excluding hydrogens is 262 g/mol. The standard InChI is InChI=1S/C13H17N3O2S/c1-10-3-4-13(12(14)9-10)19(17,18)8-7-16-6-5-15-11(16)2/h3-6,9H,7-8,14H2,1-2H3. The lowest BCUT2D eigenvalue weighted by Gasteiger charge is -2.09. The van der Waals surface area contributed by atoms with Crippen molar-refractivity contribution in [1.29, 1.82) is 0 Å². The van der Waals surface area contributed by atoms with E-state index in [0.29, 0.717) is 12.2 Å². The van der Waals surface area contributed by atoms with Gasteiger partial charge in [-0.1, -0.05) is 6.07 Å². The first-order valence-electron chi connectivity index (χ1n) is 5.97. The fourth-order valence-corrected chi connectivity index (χ4v) is 3.27. The van der Waals surface area contributed by atoms with E-state index in [9.17, 15) is 8.42 Å². The predicted octanol–water partition coefficient (Wildman–Crippen LogP) is 1.56. The molecule has 1 aromatic heterocycles. The zero-order chi connectivity index (χ0) is 14.0. The van der Waals surface area contributed by atoms with Gasteiger partial charge < -0.3 is 10.3 Å². The van der Waals surface area contributed by atoms with E-state index >= 15 is 0 Å². The number of nitrogen functional groups attached to an aromatic ring is 1. The molecule has 0 amide bonds. The van der Waals surface area contributed by atoms with Crippen molar-refractivity contribution in [3.05, 3.63) is 42.0 Å². The maximum Gasteiger partial charge on any atom is 0.182 e. The van der Waals surface area contributed by atoms with Gasteiger partial charge in [0.2, 0.25) is 0 Å². The Bertz CT molecular complexity index is 690. The van der Waals surface area contributed by atoms with Crippen molar-refractivity contribution in [2.24, 2.45) is 0 Å². The highest BCUT2D eigenvalue weighted by Gasteiger charge is 2.17. The van der Waals surface area contributed by atoms with Crippen LogP contribution in [0.15, 0.2) is 35.5 Å². The van der Waals surface area contributed by atoms with E-state index in [2.05, 4.69) is 4.98 Å². The van der Waals surface area contributed by atoms with Crippen LogP contribution in [-0.4, -0.2) is 23.7 Å². The minimum atomic E-state index is -3.37. The number of hydrogen-bond donors (Lipinski definition) is 1. The van der Waals surface area contributed by atoms with Crippen LogP contribution in [0.4, 0.5) is 5.69 Å². The van der Waals surface area contributed by atoms with Crippen molar-refractivity contribution in [3.63, 3.8) is 0 Å². The average molecular weight is 279 g/mol. The van der Waals surface area contributed by atoms with Gasteiger partial charge in [-0.3, -0.25) is 0 Å². The molecule has 0 spiro atoms. The average Bonchev–Trinajstić information content (AvgIpc) is 2.72. The molecule has 0 saturated heterocycles. The molecule has 0 aliphatic carbocycles. The van der Waals surface area contributed by atoms with Crippen LogP contribution >= 0.6 is 0 Å². The molecule has 0 fully saturated rings. The number of anilines is 1. The molecule has 0 radical (unpaired) electrons. The molecule has 0 aliphatic rings. The van der Waals surface area contributed by atoms with Crippen molar-refractivity contribution in [3.8, 4) is 0 Å². The summed E-state index contributed by atoms with van der Waals surface area (Å²) in [6.45, 7) is 4.09. The molecule has 0 saturated carbocycles. The van der Waals surface area contributed by atoms with Gasteiger partial charge in [-0.05, 0) is 31.5 Å². The normalized spacial score (nSPS) is 11.7. The second kappa shape index (κ2) is 5.05. The zero-order valence-corrected chi connectivity index (χ0v) is 11.8. The smallest absolute Gasteiger partial charge is 0.182 e. The number of aryl methyl sites for hydroxylation is 3. The highest BCUT2D eigenvalue weighted by Crippen LogP contribution is 2.21. The summed E-state index contributed by atoms with van der Waals surface area (Å²) in [6.07, 6.45) is 3.42. The van der Waals surface area contributed by atoms with Gasteiger partial charge in [0.05, 0.1) is 16.3 Å². The van der Waals surface area contributed by atoms with Gasteiger partial charge >= 0.3 is 0 Å². The van der Waals surface area contributed by atoms with Crippen molar-refractivity contribution in [1.82, 2.24) is 9.55 Å². The van der Waals surface area contributed by atoms with Gasteiger partial charge in [-0.15, -0.1) is 0 Å². The second-order valence-electron chi connectivity index (χ2n) is 4.53. The van der Waals surface area contributed by atoms with Gasteiger partial charge in [0.15, 0.2) is 9.84 Å². The van der Waals surface area contributed by atoms with Crippen LogP contribution < -0.4 is 5.73 Å². The lowest BCUT2D eigenvalue weighted by molar-refractivity contribution is 0.588. The molecule has 0 aliphatic heterocycles. The Balaban J connectivity index is 2.21. The first-order valence-corrected chi connectivity index (χ1v) is 7.62. The van der Waals surface area contributed by atoms with Gasteiger partial charge in [-0.2, -0.15) is 0 Å². The Morgan fingerprint density at radius 3 is 2.63 bits per heavy atom. The topological polar surface area (TPSA) is 78.0 Å². The van der Waals surface area contributed by atoms with E-state index in [-0.39, 0.29) is 10.6 Å². The minimum absolute atomic E-state index is 0.0114. The SMILES string of the molecule is Cc1ccc(S(=O)(=O)CCn2ccnc2C)c(N)c1. The fourth-order valence-electron chi connectivity index (χ4n) is 1.92. The van der Waals surface area contributed by atoms with Crippen molar-refractivity contribution >= 4 is 15.5 Å². The van der Waals surface area contributed by atoms with Gasteiger partial charge in [0, 0.05) is 18.9 Å². The molecule has 2 aromatic rings. The lowest BCUT2D eigenvalue weighted by Crippen LogP contribution is -2.15. The summed E-state index contributed by atoms with van der Waals surface area (Å²) >= 11 is 0. The molecule has 6 heteroatoms. The minimum Gasteiger partial charge on any atom is -0.398 e. The summed E-state index contributed by atoms with van der Waals surface area (Å²) in [5.41, 5.74) is 7.04. The maximum absolute atomic E-state index is 12.3. The molecular formula is C13H17N3O2S. The summed E-state index contributed by atoms with van der Waals surface area (Å²) in [4.78, 5) is 4.27. The molecule has 2 N–H and O–H groups in total. The van der Waals surface area contributed by atoms with Crippen molar-refractivity contribution < 1.29 is 8.42 Å². The summed E-state index contributed by atoms with van der Waals surface area (Å²) in [7, 11) is -3.37. The predicted molar refractivity (Wildman–Crippen MR) is 74.6 cm³/mol. The Hall–Kier alpha value is -1.82. The Morgan fingerprint density at radius 2 is 2.05 bits per heavy atom. The Kier molecular flexibility index (Phi) is 3.61. The quantitative estimate of drug-likeness (QED) is 0.861. The van der Waals surface area contributed by atoms with E-state index in [1.165, 1.54) is 0 Å². The number of sulfone groups is 1. The van der Waals surface area contributed by atoms with Gasteiger partial charge in [0.1, 0.15) is 5.82 Å². The first-order chi connectivity index (χ1) is 8.90. The Morgan fingerprint density at radius 1 is 1.32 bits per heavy atom. The summed E-state index contributed by atoms with van der Waals surface area (Å²) in [5, 5.41) is 0. The summed E-state index contributed by atoms with van der Waals surface area (Å²) < 4.78 is 26.3. The molecule has 2 rings (SSSR count). The van der Waals surface area contributed by atoms with E-state index in [4.69, 9.17) is 5.73 Å². The molecule has 1 heterocycles. The molecule has 5 nitrogen and oxygen atoms in total. The van der Waals surface area contributed by atoms with Crippen molar-refractivity contribution in [2.45, 2.75) is 25.3 Å². The van der Waals surface area contributed by atoms with Crippen LogP contribution in [0.3, 0.4) is 0 Å². The number of hydrogen-bond acceptors (Lipinski definition) is 4. The molecule has 1 aromatic carbocycles. The monoisotopic (exact) mass is 279 g/mol. The maximum atomic E-state index is 12.3. The number of imidazole rings is 1. The third kappa shape index (κ3) is 2.96. The van der Waals surface area contributed by atoms with Crippen LogP contribution in [0, 0.1) is 13.8 Å². The van der Waals surface area contributed by atoms with Crippen LogP contribution in [0.5, 0.6) is 0 Å². The van der Waals surface area contributed by atoms with E-state index in [1.54, 1.807) is 30.6 Å². The third-order valence-corrected chi connectivity index (χ3v) is 4.79. The van der Waals surface area contributed by atoms with Gasteiger partial charge in [0.25, 0.3) is 0 Å². The number of aromatic nitrogens is 2. The second-order valence-corrected chi connectivity index (χ2v) is 6.61. The molecule has 0 unspecified atom stereocenters.